The SMILES string of the molecule is Cc1noc([C@@H]2[C@@H](C)OCCN2C(=O)CCn2c(C)csc2=O)n1. The van der Waals surface area contributed by atoms with Gasteiger partial charge in [0.25, 0.3) is 5.89 Å². The van der Waals surface area contributed by atoms with Gasteiger partial charge in [-0.15, -0.1) is 0 Å². The van der Waals surface area contributed by atoms with Crippen LogP contribution in [0.2, 0.25) is 0 Å². The monoisotopic (exact) mass is 352 g/mol. The third-order valence-corrected chi connectivity index (χ3v) is 5.02. The lowest BCUT2D eigenvalue weighted by atomic mass is 10.1. The second-order valence-electron chi connectivity index (χ2n) is 5.83. The van der Waals surface area contributed by atoms with Crippen molar-refractivity contribution in [3.8, 4) is 0 Å². The number of amides is 1. The fourth-order valence-corrected chi connectivity index (χ4v) is 3.65. The fourth-order valence-electron chi connectivity index (χ4n) is 2.89. The van der Waals surface area contributed by atoms with Crippen LogP contribution in [0.4, 0.5) is 0 Å². The number of carbonyl (C=O) groups is 1. The third kappa shape index (κ3) is 3.27. The lowest BCUT2D eigenvalue weighted by molar-refractivity contribution is -0.147. The summed E-state index contributed by atoms with van der Waals surface area (Å²) in [5.41, 5.74) is 0.872. The highest BCUT2D eigenvalue weighted by atomic mass is 32.1. The van der Waals surface area contributed by atoms with Gasteiger partial charge in [-0.25, -0.2) is 0 Å². The lowest BCUT2D eigenvalue weighted by Crippen LogP contribution is -2.47. The first-order chi connectivity index (χ1) is 11.5. The minimum absolute atomic E-state index is 0.0419. The molecule has 0 aliphatic carbocycles. The van der Waals surface area contributed by atoms with Crippen LogP contribution in [-0.4, -0.2) is 44.8 Å². The van der Waals surface area contributed by atoms with Gasteiger partial charge in [0.2, 0.25) is 5.91 Å². The van der Waals surface area contributed by atoms with E-state index in [0.717, 1.165) is 17.0 Å². The summed E-state index contributed by atoms with van der Waals surface area (Å²) in [6.07, 6.45) is 0.0153. The molecule has 0 spiro atoms. The summed E-state index contributed by atoms with van der Waals surface area (Å²) in [6.45, 7) is 6.79. The first kappa shape index (κ1) is 16.8. The maximum absolute atomic E-state index is 12.7. The molecule has 0 saturated carbocycles. The number of nitrogens with zero attached hydrogens (tertiary/aromatic N) is 4. The standard InChI is InChI=1S/C15H20N4O4S/c1-9-8-24-15(21)18(9)5-4-12(20)19-6-7-22-10(2)13(19)14-16-11(3)17-23-14/h8,10,13H,4-7H2,1-3H3/t10-,13+/m1/s1. The van der Waals surface area contributed by atoms with Crippen LogP contribution >= 0.6 is 11.3 Å². The topological polar surface area (TPSA) is 90.5 Å². The molecule has 2 aromatic rings. The maximum Gasteiger partial charge on any atom is 0.307 e. The molecular formula is C15H20N4O4S. The number of carbonyl (C=O) groups excluding carboxylic acids is 1. The summed E-state index contributed by atoms with van der Waals surface area (Å²) in [4.78, 5) is 30.4. The summed E-state index contributed by atoms with van der Waals surface area (Å²) < 4.78 is 12.5. The number of aromatic nitrogens is 3. The Morgan fingerprint density at radius 3 is 2.88 bits per heavy atom. The highest BCUT2D eigenvalue weighted by Crippen LogP contribution is 2.29. The fraction of sp³-hybridized carbons (Fsp3) is 0.600. The average molecular weight is 352 g/mol. The molecule has 1 aliphatic rings. The Morgan fingerprint density at radius 2 is 2.25 bits per heavy atom. The number of rotatable bonds is 4. The van der Waals surface area contributed by atoms with Crippen molar-refractivity contribution in [3.63, 3.8) is 0 Å². The van der Waals surface area contributed by atoms with E-state index >= 15 is 0 Å². The minimum atomic E-state index is -0.396. The zero-order chi connectivity index (χ0) is 17.3. The molecule has 0 aromatic carbocycles. The van der Waals surface area contributed by atoms with Crippen LogP contribution in [0, 0.1) is 13.8 Å². The highest BCUT2D eigenvalue weighted by Gasteiger charge is 2.37. The predicted molar refractivity (Wildman–Crippen MR) is 86.8 cm³/mol. The van der Waals surface area contributed by atoms with E-state index in [1.807, 2.05) is 13.8 Å². The first-order valence-corrected chi connectivity index (χ1v) is 8.71. The molecule has 1 amide bonds. The van der Waals surface area contributed by atoms with E-state index in [0.29, 0.717) is 31.4 Å². The van der Waals surface area contributed by atoms with Crippen LogP contribution in [-0.2, 0) is 16.1 Å². The summed E-state index contributed by atoms with van der Waals surface area (Å²) in [5.74, 6) is 0.857. The number of hydrogen-bond donors (Lipinski definition) is 0. The number of thiazole rings is 1. The van der Waals surface area contributed by atoms with Crippen LogP contribution < -0.4 is 4.87 Å². The maximum atomic E-state index is 12.7. The number of aryl methyl sites for hydroxylation is 2. The number of ether oxygens (including phenoxy) is 1. The molecule has 0 bridgehead atoms. The molecule has 8 nitrogen and oxygen atoms in total. The summed E-state index contributed by atoms with van der Waals surface area (Å²) >= 11 is 1.15. The molecule has 0 N–H and O–H groups in total. The van der Waals surface area contributed by atoms with Crippen LogP contribution in [0.15, 0.2) is 14.7 Å². The average Bonchev–Trinajstić information content (AvgIpc) is 3.11. The van der Waals surface area contributed by atoms with E-state index < -0.39 is 6.04 Å². The summed E-state index contributed by atoms with van der Waals surface area (Å²) in [5, 5.41) is 5.61. The van der Waals surface area contributed by atoms with Crippen LogP contribution in [0.1, 0.15) is 36.8 Å². The van der Waals surface area contributed by atoms with Gasteiger partial charge in [-0.3, -0.25) is 9.59 Å². The van der Waals surface area contributed by atoms with Crippen molar-refractivity contribution in [1.29, 1.82) is 0 Å². The Kier molecular flexibility index (Phi) is 4.81. The molecule has 1 aliphatic heterocycles. The molecule has 0 radical (unpaired) electrons. The largest absolute Gasteiger partial charge is 0.374 e. The van der Waals surface area contributed by atoms with Crippen LogP contribution in [0.25, 0.3) is 0 Å². The second-order valence-corrected chi connectivity index (χ2v) is 6.65. The van der Waals surface area contributed by atoms with Crippen molar-refractivity contribution < 1.29 is 14.1 Å². The number of hydrogen-bond acceptors (Lipinski definition) is 7. The second kappa shape index (κ2) is 6.86. The molecule has 2 atom stereocenters. The lowest BCUT2D eigenvalue weighted by Gasteiger charge is -2.37. The van der Waals surface area contributed by atoms with Crippen molar-refractivity contribution in [3.05, 3.63) is 32.5 Å². The highest BCUT2D eigenvalue weighted by molar-refractivity contribution is 7.07. The van der Waals surface area contributed by atoms with Gasteiger partial charge < -0.3 is 18.7 Å². The molecular weight excluding hydrogens is 332 g/mol. The van der Waals surface area contributed by atoms with Gasteiger partial charge in [-0.2, -0.15) is 4.98 Å². The minimum Gasteiger partial charge on any atom is -0.374 e. The van der Waals surface area contributed by atoms with E-state index in [1.165, 1.54) is 0 Å². The van der Waals surface area contributed by atoms with Gasteiger partial charge >= 0.3 is 4.87 Å². The van der Waals surface area contributed by atoms with Crippen LogP contribution in [0.5, 0.6) is 0 Å². The Labute approximate surface area is 143 Å². The Bertz CT molecular complexity index is 781. The first-order valence-electron chi connectivity index (χ1n) is 7.83. The molecule has 1 saturated heterocycles. The van der Waals surface area contributed by atoms with Crippen molar-refractivity contribution in [2.45, 2.75) is 45.9 Å². The van der Waals surface area contributed by atoms with Crippen molar-refractivity contribution in [2.75, 3.05) is 13.2 Å². The normalized spacial score (nSPS) is 21.2. The van der Waals surface area contributed by atoms with Crippen molar-refractivity contribution in [2.24, 2.45) is 0 Å². The van der Waals surface area contributed by atoms with E-state index in [4.69, 9.17) is 9.26 Å². The summed E-state index contributed by atoms with van der Waals surface area (Å²) in [6, 6.07) is -0.396. The molecule has 3 heterocycles. The van der Waals surface area contributed by atoms with Gasteiger partial charge in [0.1, 0.15) is 6.04 Å². The van der Waals surface area contributed by atoms with Gasteiger partial charge in [0.05, 0.1) is 12.7 Å². The third-order valence-electron chi connectivity index (χ3n) is 4.14. The Balaban J connectivity index is 1.75. The predicted octanol–water partition coefficient (Wildman–Crippen LogP) is 1.29. The molecule has 0 unspecified atom stereocenters. The Morgan fingerprint density at radius 1 is 1.46 bits per heavy atom. The molecule has 130 valence electrons. The van der Waals surface area contributed by atoms with Gasteiger partial charge in [-0.1, -0.05) is 16.5 Å². The summed E-state index contributed by atoms with van der Waals surface area (Å²) in [7, 11) is 0. The number of morpholine rings is 1. The molecule has 9 heteroatoms. The Hall–Kier alpha value is -2.00. The zero-order valence-corrected chi connectivity index (χ0v) is 14.7. The van der Waals surface area contributed by atoms with Crippen molar-refractivity contribution in [1.82, 2.24) is 19.6 Å². The molecule has 3 rings (SSSR count). The van der Waals surface area contributed by atoms with E-state index in [1.54, 1.807) is 21.8 Å². The van der Waals surface area contributed by atoms with Gasteiger partial charge in [0.15, 0.2) is 5.82 Å². The molecule has 1 fully saturated rings. The van der Waals surface area contributed by atoms with Gasteiger partial charge in [-0.05, 0) is 20.8 Å². The van der Waals surface area contributed by atoms with E-state index in [2.05, 4.69) is 10.1 Å². The zero-order valence-electron chi connectivity index (χ0n) is 13.9. The van der Waals surface area contributed by atoms with Crippen LogP contribution in [0.3, 0.4) is 0 Å². The van der Waals surface area contributed by atoms with Gasteiger partial charge in [0, 0.05) is 30.6 Å². The van der Waals surface area contributed by atoms with Crippen molar-refractivity contribution >= 4 is 17.2 Å². The smallest absolute Gasteiger partial charge is 0.307 e. The molecule has 2 aromatic heterocycles. The van der Waals surface area contributed by atoms with E-state index in [-0.39, 0.29) is 23.3 Å². The molecule has 24 heavy (non-hydrogen) atoms. The van der Waals surface area contributed by atoms with E-state index in [9.17, 15) is 9.59 Å². The quantitative estimate of drug-likeness (QED) is 0.823.